The first-order valence-corrected chi connectivity index (χ1v) is 10.2. The van der Waals surface area contributed by atoms with E-state index in [9.17, 15) is 14.4 Å². The molecule has 0 radical (unpaired) electrons. The van der Waals surface area contributed by atoms with Crippen LogP contribution in [0.15, 0.2) is 41.8 Å². The minimum Gasteiger partial charge on any atom is -0.452 e. The number of thiophene rings is 1. The van der Waals surface area contributed by atoms with Crippen LogP contribution in [0.25, 0.3) is 0 Å². The monoisotopic (exact) mass is 400 g/mol. The van der Waals surface area contributed by atoms with Gasteiger partial charge in [-0.15, -0.1) is 11.3 Å². The smallest absolute Gasteiger partial charge is 0.338 e. The molecule has 2 amide bonds. The van der Waals surface area contributed by atoms with Gasteiger partial charge in [0, 0.05) is 26.2 Å². The lowest BCUT2D eigenvalue weighted by atomic mass is 10.0. The second-order valence-electron chi connectivity index (χ2n) is 7.00. The molecule has 0 unspecified atom stereocenters. The summed E-state index contributed by atoms with van der Waals surface area (Å²) in [4.78, 5) is 40.9. The van der Waals surface area contributed by atoms with Crippen LogP contribution in [0, 0.1) is 0 Å². The van der Waals surface area contributed by atoms with E-state index in [-0.39, 0.29) is 18.4 Å². The fourth-order valence-electron chi connectivity index (χ4n) is 3.02. The molecule has 28 heavy (non-hydrogen) atoms. The summed E-state index contributed by atoms with van der Waals surface area (Å²) in [5.74, 6) is -0.360. The minimum atomic E-state index is -0.504. The van der Waals surface area contributed by atoms with Crippen LogP contribution in [0.5, 0.6) is 0 Å². The summed E-state index contributed by atoms with van der Waals surface area (Å²) in [5.41, 5.74) is 1.58. The van der Waals surface area contributed by atoms with E-state index >= 15 is 0 Å². The number of ether oxygens (including phenoxy) is 1. The molecule has 1 fully saturated rings. The van der Waals surface area contributed by atoms with Crippen LogP contribution in [-0.2, 0) is 9.53 Å². The Labute approximate surface area is 168 Å². The molecule has 0 aliphatic carbocycles. The Balaban J connectivity index is 1.45. The van der Waals surface area contributed by atoms with E-state index in [0.717, 1.165) is 5.56 Å². The molecular weight excluding hydrogens is 376 g/mol. The third-order valence-electron chi connectivity index (χ3n) is 4.79. The molecule has 6 nitrogen and oxygen atoms in total. The van der Waals surface area contributed by atoms with E-state index in [1.807, 2.05) is 23.6 Å². The van der Waals surface area contributed by atoms with Gasteiger partial charge in [-0.1, -0.05) is 32.0 Å². The van der Waals surface area contributed by atoms with E-state index < -0.39 is 5.97 Å². The summed E-state index contributed by atoms with van der Waals surface area (Å²) in [6.07, 6.45) is 0. The maximum Gasteiger partial charge on any atom is 0.338 e. The molecule has 0 spiro atoms. The molecule has 148 valence electrons. The topological polar surface area (TPSA) is 66.9 Å². The second-order valence-corrected chi connectivity index (χ2v) is 7.95. The van der Waals surface area contributed by atoms with Crippen molar-refractivity contribution in [2.24, 2.45) is 0 Å². The third-order valence-corrected chi connectivity index (χ3v) is 5.65. The molecule has 1 aromatic carbocycles. The molecule has 1 aliphatic heterocycles. The zero-order valence-corrected chi connectivity index (χ0v) is 16.9. The van der Waals surface area contributed by atoms with E-state index in [2.05, 4.69) is 13.8 Å². The zero-order chi connectivity index (χ0) is 20.1. The molecule has 1 aliphatic rings. The molecule has 3 rings (SSSR count). The Morgan fingerprint density at radius 1 is 1.00 bits per heavy atom. The number of benzene rings is 1. The van der Waals surface area contributed by atoms with Gasteiger partial charge in [0.15, 0.2) is 6.61 Å². The summed E-state index contributed by atoms with van der Waals surface area (Å²) in [6, 6.07) is 10.9. The maximum absolute atomic E-state index is 12.3. The number of amides is 2. The zero-order valence-electron chi connectivity index (χ0n) is 16.1. The van der Waals surface area contributed by atoms with E-state index in [1.54, 1.807) is 28.0 Å². The highest BCUT2D eigenvalue weighted by molar-refractivity contribution is 7.12. The second kappa shape index (κ2) is 9.01. The Morgan fingerprint density at radius 3 is 2.21 bits per heavy atom. The summed E-state index contributed by atoms with van der Waals surface area (Å²) < 4.78 is 5.17. The molecular formula is C21H24N2O4S. The normalized spacial score (nSPS) is 14.2. The van der Waals surface area contributed by atoms with Crippen molar-refractivity contribution in [1.82, 2.24) is 9.80 Å². The van der Waals surface area contributed by atoms with E-state index in [0.29, 0.717) is 42.5 Å². The Kier molecular flexibility index (Phi) is 6.46. The predicted octanol–water partition coefficient (Wildman–Crippen LogP) is 3.01. The van der Waals surface area contributed by atoms with Crippen LogP contribution >= 0.6 is 11.3 Å². The largest absolute Gasteiger partial charge is 0.452 e. The standard InChI is InChI=1S/C21H24N2O4S/c1-15(2)16-5-7-17(8-6-16)21(26)27-14-19(24)22-9-11-23(12-10-22)20(25)18-4-3-13-28-18/h3-8,13,15H,9-12,14H2,1-2H3. The molecule has 1 aromatic heterocycles. The fourth-order valence-corrected chi connectivity index (χ4v) is 3.71. The van der Waals surface area contributed by atoms with Gasteiger partial charge >= 0.3 is 5.97 Å². The van der Waals surface area contributed by atoms with Gasteiger partial charge in [0.05, 0.1) is 10.4 Å². The van der Waals surface area contributed by atoms with Crippen molar-refractivity contribution in [3.8, 4) is 0 Å². The number of carbonyl (C=O) groups excluding carboxylic acids is 3. The Hall–Kier alpha value is -2.67. The van der Waals surface area contributed by atoms with Crippen molar-refractivity contribution in [3.05, 3.63) is 57.8 Å². The number of hydrogen-bond acceptors (Lipinski definition) is 5. The fraction of sp³-hybridized carbons (Fsp3) is 0.381. The third kappa shape index (κ3) is 4.78. The summed E-state index contributed by atoms with van der Waals surface area (Å²) in [6.45, 7) is 5.72. The maximum atomic E-state index is 12.3. The first-order valence-electron chi connectivity index (χ1n) is 9.33. The molecule has 0 N–H and O–H groups in total. The predicted molar refractivity (Wildman–Crippen MR) is 108 cm³/mol. The van der Waals surface area contributed by atoms with Crippen LogP contribution in [0.1, 0.15) is 45.4 Å². The summed E-state index contributed by atoms with van der Waals surface area (Å²) in [7, 11) is 0. The van der Waals surface area contributed by atoms with Crippen LogP contribution in [0.4, 0.5) is 0 Å². The molecule has 2 aromatic rings. The lowest BCUT2D eigenvalue weighted by Crippen LogP contribution is -2.51. The number of rotatable bonds is 5. The highest BCUT2D eigenvalue weighted by atomic mass is 32.1. The van der Waals surface area contributed by atoms with Gasteiger partial charge in [0.1, 0.15) is 0 Å². The van der Waals surface area contributed by atoms with Crippen LogP contribution < -0.4 is 0 Å². The quantitative estimate of drug-likeness (QED) is 0.724. The number of esters is 1. The average molecular weight is 401 g/mol. The molecule has 0 saturated carbocycles. The highest BCUT2D eigenvalue weighted by Gasteiger charge is 2.25. The Morgan fingerprint density at radius 2 is 1.64 bits per heavy atom. The van der Waals surface area contributed by atoms with Crippen molar-refractivity contribution in [2.75, 3.05) is 32.8 Å². The SMILES string of the molecule is CC(C)c1ccc(C(=O)OCC(=O)N2CCN(C(=O)c3cccs3)CC2)cc1. The van der Waals surface area contributed by atoms with E-state index in [1.165, 1.54) is 11.3 Å². The van der Waals surface area contributed by atoms with Gasteiger partial charge in [-0.3, -0.25) is 9.59 Å². The number of nitrogens with zero attached hydrogens (tertiary/aromatic N) is 2. The van der Waals surface area contributed by atoms with E-state index in [4.69, 9.17) is 4.74 Å². The van der Waals surface area contributed by atoms with Gasteiger partial charge in [0.25, 0.3) is 11.8 Å². The molecule has 1 saturated heterocycles. The summed E-state index contributed by atoms with van der Waals surface area (Å²) >= 11 is 1.41. The van der Waals surface area contributed by atoms with Crippen molar-refractivity contribution >= 4 is 29.1 Å². The molecule has 7 heteroatoms. The Bertz CT molecular complexity index is 823. The minimum absolute atomic E-state index is 0.00151. The average Bonchev–Trinajstić information content (AvgIpc) is 3.26. The van der Waals surface area contributed by atoms with Gasteiger partial charge in [0.2, 0.25) is 0 Å². The van der Waals surface area contributed by atoms with Gasteiger partial charge in [-0.25, -0.2) is 4.79 Å². The molecule has 0 atom stereocenters. The first-order chi connectivity index (χ1) is 13.5. The van der Waals surface area contributed by atoms with Crippen molar-refractivity contribution < 1.29 is 19.1 Å². The lowest BCUT2D eigenvalue weighted by molar-refractivity contribution is -0.136. The van der Waals surface area contributed by atoms with Crippen molar-refractivity contribution in [1.29, 1.82) is 0 Å². The molecule has 2 heterocycles. The van der Waals surface area contributed by atoms with Gasteiger partial charge in [-0.05, 0) is 35.1 Å². The van der Waals surface area contributed by atoms with Crippen LogP contribution in [-0.4, -0.2) is 60.4 Å². The first kappa shape index (κ1) is 20.1. The van der Waals surface area contributed by atoms with Crippen LogP contribution in [0.2, 0.25) is 0 Å². The number of carbonyl (C=O) groups is 3. The van der Waals surface area contributed by atoms with Gasteiger partial charge in [-0.2, -0.15) is 0 Å². The van der Waals surface area contributed by atoms with Gasteiger partial charge < -0.3 is 14.5 Å². The van der Waals surface area contributed by atoms with Crippen LogP contribution in [0.3, 0.4) is 0 Å². The molecule has 0 bridgehead atoms. The number of piperazine rings is 1. The van der Waals surface area contributed by atoms with Crippen molar-refractivity contribution in [2.45, 2.75) is 19.8 Å². The lowest BCUT2D eigenvalue weighted by Gasteiger charge is -2.34. The number of hydrogen-bond donors (Lipinski definition) is 0. The highest BCUT2D eigenvalue weighted by Crippen LogP contribution is 2.16. The van der Waals surface area contributed by atoms with Crippen molar-refractivity contribution in [3.63, 3.8) is 0 Å². The summed E-state index contributed by atoms with van der Waals surface area (Å²) in [5, 5.41) is 1.87.